The quantitative estimate of drug-likeness (QED) is 0.852. The molecule has 0 bridgehead atoms. The van der Waals surface area contributed by atoms with Gasteiger partial charge in [-0.3, -0.25) is 4.79 Å². The number of piperidine rings is 1. The molecule has 1 aromatic rings. The average molecular weight is 248 g/mol. The predicted octanol–water partition coefficient (Wildman–Crippen LogP) is 1.49. The van der Waals surface area contributed by atoms with Crippen LogP contribution in [0.4, 0.5) is 0 Å². The molecule has 1 aromatic carbocycles. The zero-order valence-electron chi connectivity index (χ0n) is 10.7. The number of likely N-dealkylation sites (N-methyl/N-ethyl adjacent to an activating group) is 1. The molecule has 1 saturated heterocycles. The first-order valence-corrected chi connectivity index (χ1v) is 6.43. The number of aromatic hydroxyl groups is 1. The molecule has 4 nitrogen and oxygen atoms in total. The fourth-order valence-electron chi connectivity index (χ4n) is 2.34. The van der Waals surface area contributed by atoms with Crippen LogP contribution in [0, 0.1) is 0 Å². The molecule has 18 heavy (non-hydrogen) atoms. The van der Waals surface area contributed by atoms with Crippen LogP contribution in [0.5, 0.6) is 5.75 Å². The van der Waals surface area contributed by atoms with Gasteiger partial charge in [0.25, 0.3) is 0 Å². The summed E-state index contributed by atoms with van der Waals surface area (Å²) in [6.07, 6.45) is 3.19. The highest BCUT2D eigenvalue weighted by molar-refractivity contribution is 5.81. The van der Waals surface area contributed by atoms with Gasteiger partial charge in [0.2, 0.25) is 5.91 Å². The van der Waals surface area contributed by atoms with Gasteiger partial charge in [-0.15, -0.1) is 0 Å². The van der Waals surface area contributed by atoms with Gasteiger partial charge in [-0.2, -0.15) is 0 Å². The number of nitrogens with one attached hydrogen (secondary N) is 1. The second-order valence-electron chi connectivity index (χ2n) is 4.87. The van der Waals surface area contributed by atoms with Crippen molar-refractivity contribution in [3.05, 3.63) is 29.8 Å². The smallest absolute Gasteiger partial charge is 0.239 e. The van der Waals surface area contributed by atoms with Gasteiger partial charge in [-0.1, -0.05) is 18.6 Å². The van der Waals surface area contributed by atoms with E-state index in [4.69, 9.17) is 0 Å². The van der Waals surface area contributed by atoms with Crippen LogP contribution in [0.25, 0.3) is 0 Å². The summed E-state index contributed by atoms with van der Waals surface area (Å²) >= 11 is 0. The van der Waals surface area contributed by atoms with Crippen molar-refractivity contribution in [3.8, 4) is 5.75 Å². The van der Waals surface area contributed by atoms with Crippen LogP contribution >= 0.6 is 0 Å². The van der Waals surface area contributed by atoms with Gasteiger partial charge in [0.1, 0.15) is 5.75 Å². The van der Waals surface area contributed by atoms with Crippen LogP contribution in [0.3, 0.4) is 0 Å². The van der Waals surface area contributed by atoms with Crippen LogP contribution in [0.2, 0.25) is 0 Å². The minimum absolute atomic E-state index is 0.0407. The van der Waals surface area contributed by atoms with E-state index in [1.165, 1.54) is 0 Å². The monoisotopic (exact) mass is 248 g/mol. The Morgan fingerprint density at radius 1 is 1.50 bits per heavy atom. The largest absolute Gasteiger partial charge is 0.508 e. The first-order valence-electron chi connectivity index (χ1n) is 6.43. The number of amides is 1. The molecule has 1 fully saturated rings. The molecule has 1 atom stereocenters. The summed E-state index contributed by atoms with van der Waals surface area (Å²) in [5.74, 6) is 0.377. The van der Waals surface area contributed by atoms with Gasteiger partial charge < -0.3 is 15.3 Å². The molecular weight excluding hydrogens is 228 g/mol. The number of hydrogen-bond acceptors (Lipinski definition) is 3. The second-order valence-corrected chi connectivity index (χ2v) is 4.87. The number of phenols is 1. The van der Waals surface area contributed by atoms with Crippen molar-refractivity contribution in [2.24, 2.45) is 0 Å². The molecule has 0 spiro atoms. The van der Waals surface area contributed by atoms with Gasteiger partial charge in [-0.05, 0) is 37.1 Å². The molecular formula is C14H20N2O2. The van der Waals surface area contributed by atoms with Crippen LogP contribution in [-0.4, -0.2) is 35.5 Å². The molecule has 1 aliphatic heterocycles. The molecule has 4 heteroatoms. The van der Waals surface area contributed by atoms with Crippen LogP contribution in [0.15, 0.2) is 24.3 Å². The normalized spacial score (nSPS) is 19.5. The number of nitrogens with zero attached hydrogens (tertiary/aromatic N) is 1. The SMILES string of the molecule is CN(Cc1cccc(O)c1)C(=O)[C@H]1CCCCN1. The van der Waals surface area contributed by atoms with Gasteiger partial charge in [0.15, 0.2) is 0 Å². The second kappa shape index (κ2) is 5.87. The lowest BCUT2D eigenvalue weighted by molar-refractivity contribution is -0.133. The van der Waals surface area contributed by atoms with Crippen LogP contribution in [-0.2, 0) is 11.3 Å². The third-order valence-corrected chi connectivity index (χ3v) is 3.31. The Morgan fingerprint density at radius 3 is 3.00 bits per heavy atom. The highest BCUT2D eigenvalue weighted by atomic mass is 16.3. The van der Waals surface area contributed by atoms with Crippen LogP contribution < -0.4 is 5.32 Å². The van der Waals surface area contributed by atoms with Crippen molar-refractivity contribution in [1.29, 1.82) is 0 Å². The van der Waals surface area contributed by atoms with Crippen molar-refractivity contribution < 1.29 is 9.90 Å². The molecule has 1 amide bonds. The van der Waals surface area contributed by atoms with Gasteiger partial charge in [0, 0.05) is 13.6 Å². The van der Waals surface area contributed by atoms with E-state index < -0.39 is 0 Å². The maximum absolute atomic E-state index is 12.2. The van der Waals surface area contributed by atoms with E-state index >= 15 is 0 Å². The summed E-state index contributed by atoms with van der Waals surface area (Å²) in [5, 5.41) is 12.7. The standard InChI is InChI=1S/C14H20N2O2/c1-16(10-11-5-4-6-12(17)9-11)14(18)13-7-2-3-8-15-13/h4-6,9,13,15,17H,2-3,7-8,10H2,1H3/t13-/m1/s1. The Kier molecular flexibility index (Phi) is 4.20. The van der Waals surface area contributed by atoms with E-state index in [0.29, 0.717) is 6.54 Å². The Morgan fingerprint density at radius 2 is 2.33 bits per heavy atom. The number of hydrogen-bond donors (Lipinski definition) is 2. The zero-order valence-corrected chi connectivity index (χ0v) is 10.7. The summed E-state index contributed by atoms with van der Waals surface area (Å²) in [6, 6.07) is 6.99. The fourth-order valence-corrected chi connectivity index (χ4v) is 2.34. The Hall–Kier alpha value is -1.55. The molecule has 0 saturated carbocycles. The van der Waals surface area contributed by atoms with Crippen molar-refractivity contribution in [2.75, 3.05) is 13.6 Å². The third-order valence-electron chi connectivity index (χ3n) is 3.31. The van der Waals surface area contributed by atoms with E-state index in [1.54, 1.807) is 23.1 Å². The topological polar surface area (TPSA) is 52.6 Å². The van der Waals surface area contributed by atoms with Crippen LogP contribution in [0.1, 0.15) is 24.8 Å². The highest BCUT2D eigenvalue weighted by Gasteiger charge is 2.23. The highest BCUT2D eigenvalue weighted by Crippen LogP contribution is 2.14. The molecule has 2 rings (SSSR count). The van der Waals surface area contributed by atoms with Crippen molar-refractivity contribution in [1.82, 2.24) is 10.2 Å². The van der Waals surface area contributed by atoms with Crippen molar-refractivity contribution in [2.45, 2.75) is 31.8 Å². The number of carbonyl (C=O) groups excluding carboxylic acids is 1. The minimum Gasteiger partial charge on any atom is -0.508 e. The average Bonchev–Trinajstić information content (AvgIpc) is 2.39. The maximum Gasteiger partial charge on any atom is 0.239 e. The number of phenolic OH excluding ortho intramolecular Hbond substituents is 1. The number of carbonyl (C=O) groups is 1. The molecule has 2 N–H and O–H groups in total. The Labute approximate surface area is 108 Å². The minimum atomic E-state index is -0.0407. The lowest BCUT2D eigenvalue weighted by Crippen LogP contribution is -2.46. The molecule has 0 unspecified atom stereocenters. The first-order chi connectivity index (χ1) is 8.66. The number of benzene rings is 1. The summed E-state index contributed by atoms with van der Waals surface area (Å²) in [6.45, 7) is 1.46. The Balaban J connectivity index is 1.94. The summed E-state index contributed by atoms with van der Waals surface area (Å²) in [4.78, 5) is 13.9. The molecule has 0 aliphatic carbocycles. The summed E-state index contributed by atoms with van der Waals surface area (Å²) < 4.78 is 0. The van der Waals surface area contributed by atoms with E-state index in [9.17, 15) is 9.90 Å². The molecule has 1 aliphatic rings. The lowest BCUT2D eigenvalue weighted by atomic mass is 10.0. The van der Waals surface area contributed by atoms with Crippen molar-refractivity contribution >= 4 is 5.91 Å². The van der Waals surface area contributed by atoms with Gasteiger partial charge >= 0.3 is 0 Å². The van der Waals surface area contributed by atoms with E-state index in [2.05, 4.69) is 5.32 Å². The van der Waals surface area contributed by atoms with Crippen molar-refractivity contribution in [3.63, 3.8) is 0 Å². The molecule has 1 heterocycles. The van der Waals surface area contributed by atoms with Gasteiger partial charge in [0.05, 0.1) is 6.04 Å². The summed E-state index contributed by atoms with van der Waals surface area (Å²) in [7, 11) is 1.81. The Bertz CT molecular complexity index is 414. The number of rotatable bonds is 3. The molecule has 0 radical (unpaired) electrons. The van der Waals surface area contributed by atoms with E-state index in [-0.39, 0.29) is 17.7 Å². The predicted molar refractivity (Wildman–Crippen MR) is 70.2 cm³/mol. The van der Waals surface area contributed by atoms with E-state index in [0.717, 1.165) is 31.4 Å². The fraction of sp³-hybridized carbons (Fsp3) is 0.500. The third kappa shape index (κ3) is 3.23. The first kappa shape index (κ1) is 12.9. The van der Waals surface area contributed by atoms with E-state index in [1.807, 2.05) is 13.1 Å². The summed E-state index contributed by atoms with van der Waals surface area (Å²) in [5.41, 5.74) is 0.946. The zero-order chi connectivity index (χ0) is 13.0. The molecule has 98 valence electrons. The maximum atomic E-state index is 12.2. The lowest BCUT2D eigenvalue weighted by Gasteiger charge is -2.27. The van der Waals surface area contributed by atoms with Gasteiger partial charge in [-0.25, -0.2) is 0 Å². The molecule has 0 aromatic heterocycles.